The van der Waals surface area contributed by atoms with E-state index in [-0.39, 0.29) is 11.9 Å². The molecule has 4 heteroatoms. The van der Waals surface area contributed by atoms with Crippen LogP contribution in [0.1, 0.15) is 19.8 Å². The zero-order valence-electron chi connectivity index (χ0n) is 6.72. The summed E-state index contributed by atoms with van der Waals surface area (Å²) in [4.78, 5) is 15.9. The van der Waals surface area contributed by atoms with Crippen LogP contribution in [0, 0.1) is 0 Å². The molecule has 1 rings (SSSR count). The Morgan fingerprint density at radius 3 is 3.18 bits per heavy atom. The smallest absolute Gasteiger partial charge is 0.260 e. The molecule has 1 saturated heterocycles. The number of nitrogens with one attached hydrogen (secondary N) is 2. The van der Waals surface area contributed by atoms with Gasteiger partial charge in [-0.15, -0.1) is 0 Å². The van der Waals surface area contributed by atoms with E-state index >= 15 is 0 Å². The number of carbonyl (C=O) groups is 1. The number of hydrogen-bond acceptors (Lipinski definition) is 3. The molecule has 0 spiro atoms. The number of hydrogen-bond donors (Lipinski definition) is 2. The fraction of sp³-hybridized carbons (Fsp3) is 0.857. The monoisotopic (exact) mass is 158 g/mol. The van der Waals surface area contributed by atoms with E-state index in [4.69, 9.17) is 4.84 Å². The molecule has 1 amide bonds. The van der Waals surface area contributed by atoms with Crippen molar-refractivity contribution in [3.05, 3.63) is 0 Å². The van der Waals surface area contributed by atoms with E-state index in [1.807, 2.05) is 6.92 Å². The lowest BCUT2D eigenvalue weighted by atomic mass is 10.2. The average Bonchev–Trinajstić information content (AvgIpc) is 2.52. The molecule has 1 atom stereocenters. The quantitative estimate of drug-likeness (QED) is 0.559. The summed E-state index contributed by atoms with van der Waals surface area (Å²) in [7, 11) is 0. The Balaban J connectivity index is 2.17. The molecule has 2 N–H and O–H groups in total. The van der Waals surface area contributed by atoms with Gasteiger partial charge in [0.05, 0.1) is 12.6 Å². The highest BCUT2D eigenvalue weighted by Crippen LogP contribution is 2.03. The van der Waals surface area contributed by atoms with Crippen molar-refractivity contribution in [2.45, 2.75) is 25.8 Å². The first kappa shape index (κ1) is 8.49. The molecule has 1 aliphatic heterocycles. The van der Waals surface area contributed by atoms with Gasteiger partial charge in [0.2, 0.25) is 0 Å². The topological polar surface area (TPSA) is 50.4 Å². The second-order valence-corrected chi connectivity index (χ2v) is 2.55. The molecule has 1 fully saturated rings. The Kier molecular flexibility index (Phi) is 3.32. The van der Waals surface area contributed by atoms with E-state index in [9.17, 15) is 4.79 Å². The predicted octanol–water partition coefficient (Wildman–Crippen LogP) is -0.194. The minimum Gasteiger partial charge on any atom is -0.306 e. The lowest BCUT2D eigenvalue weighted by Crippen LogP contribution is -2.40. The summed E-state index contributed by atoms with van der Waals surface area (Å²) in [6.07, 6.45) is 1.99. The van der Waals surface area contributed by atoms with Gasteiger partial charge in [0.1, 0.15) is 0 Å². The third-order valence-corrected chi connectivity index (χ3v) is 1.69. The van der Waals surface area contributed by atoms with E-state index < -0.39 is 0 Å². The first-order chi connectivity index (χ1) is 5.34. The lowest BCUT2D eigenvalue weighted by molar-refractivity contribution is -0.134. The minimum absolute atomic E-state index is 0.0402. The Hall–Kier alpha value is -0.610. The molecule has 0 aromatic rings. The number of rotatable bonds is 3. The van der Waals surface area contributed by atoms with Crippen LogP contribution in [0.4, 0.5) is 0 Å². The van der Waals surface area contributed by atoms with Gasteiger partial charge in [0, 0.05) is 0 Å². The van der Waals surface area contributed by atoms with E-state index in [1.165, 1.54) is 0 Å². The SMILES string of the molecule is CCONC(=O)[C@H]1CCCN1. The highest BCUT2D eigenvalue weighted by Gasteiger charge is 2.21. The normalized spacial score (nSPS) is 23.5. The summed E-state index contributed by atoms with van der Waals surface area (Å²) in [5.41, 5.74) is 2.37. The number of carbonyl (C=O) groups excluding carboxylic acids is 1. The Morgan fingerprint density at radius 1 is 1.82 bits per heavy atom. The standard InChI is InChI=1S/C7H14N2O2/c1-2-11-9-7(10)6-4-3-5-8-6/h6,8H,2-5H2,1H3,(H,9,10)/t6-/m1/s1. The highest BCUT2D eigenvalue weighted by molar-refractivity contribution is 5.80. The van der Waals surface area contributed by atoms with Crippen LogP contribution < -0.4 is 10.8 Å². The molecule has 1 heterocycles. The van der Waals surface area contributed by atoms with Gasteiger partial charge < -0.3 is 5.32 Å². The van der Waals surface area contributed by atoms with Crippen molar-refractivity contribution in [2.75, 3.05) is 13.2 Å². The van der Waals surface area contributed by atoms with Crippen LogP contribution in [-0.2, 0) is 9.63 Å². The molecule has 0 saturated carbocycles. The highest BCUT2D eigenvalue weighted by atomic mass is 16.6. The largest absolute Gasteiger partial charge is 0.306 e. The molecule has 0 bridgehead atoms. The van der Waals surface area contributed by atoms with E-state index in [0.29, 0.717) is 6.61 Å². The predicted molar refractivity (Wildman–Crippen MR) is 40.8 cm³/mol. The maximum absolute atomic E-state index is 11.1. The molecule has 64 valence electrons. The molecular formula is C7H14N2O2. The average molecular weight is 158 g/mol. The molecule has 0 unspecified atom stereocenters. The van der Waals surface area contributed by atoms with Crippen LogP contribution in [0.2, 0.25) is 0 Å². The summed E-state index contributed by atoms with van der Waals surface area (Å²) in [6, 6.07) is -0.0402. The summed E-state index contributed by atoms with van der Waals surface area (Å²) >= 11 is 0. The van der Waals surface area contributed by atoms with E-state index in [1.54, 1.807) is 0 Å². The molecule has 0 aliphatic carbocycles. The van der Waals surface area contributed by atoms with Gasteiger partial charge in [-0.2, -0.15) is 0 Å². The van der Waals surface area contributed by atoms with Crippen molar-refractivity contribution in [3.8, 4) is 0 Å². The van der Waals surface area contributed by atoms with Crippen LogP contribution in [0.3, 0.4) is 0 Å². The fourth-order valence-corrected chi connectivity index (χ4v) is 1.12. The second kappa shape index (κ2) is 4.31. The third kappa shape index (κ3) is 2.48. The molecule has 11 heavy (non-hydrogen) atoms. The fourth-order valence-electron chi connectivity index (χ4n) is 1.12. The van der Waals surface area contributed by atoms with Gasteiger partial charge in [0.15, 0.2) is 0 Å². The number of hydroxylamine groups is 1. The second-order valence-electron chi connectivity index (χ2n) is 2.55. The van der Waals surface area contributed by atoms with Crippen LogP contribution in [0.25, 0.3) is 0 Å². The summed E-state index contributed by atoms with van der Waals surface area (Å²) < 4.78 is 0. The molecule has 0 radical (unpaired) electrons. The number of amides is 1. The maximum atomic E-state index is 11.1. The van der Waals surface area contributed by atoms with Gasteiger partial charge >= 0.3 is 0 Å². The first-order valence-corrected chi connectivity index (χ1v) is 3.99. The van der Waals surface area contributed by atoms with Crippen LogP contribution >= 0.6 is 0 Å². The Labute approximate surface area is 66.3 Å². The summed E-state index contributed by atoms with van der Waals surface area (Å²) in [5, 5.41) is 3.07. The minimum atomic E-state index is -0.0515. The van der Waals surface area contributed by atoms with Gasteiger partial charge in [-0.25, -0.2) is 5.48 Å². The van der Waals surface area contributed by atoms with Crippen LogP contribution in [0.5, 0.6) is 0 Å². The molecule has 4 nitrogen and oxygen atoms in total. The molecule has 0 aromatic heterocycles. The van der Waals surface area contributed by atoms with Crippen molar-refractivity contribution < 1.29 is 9.63 Å². The third-order valence-electron chi connectivity index (χ3n) is 1.69. The Morgan fingerprint density at radius 2 is 2.64 bits per heavy atom. The zero-order valence-corrected chi connectivity index (χ0v) is 6.72. The molecule has 0 aromatic carbocycles. The van der Waals surface area contributed by atoms with Crippen molar-refractivity contribution >= 4 is 5.91 Å². The molecular weight excluding hydrogens is 144 g/mol. The van der Waals surface area contributed by atoms with Gasteiger partial charge in [0.25, 0.3) is 5.91 Å². The van der Waals surface area contributed by atoms with E-state index in [0.717, 1.165) is 19.4 Å². The first-order valence-electron chi connectivity index (χ1n) is 3.99. The van der Waals surface area contributed by atoms with Crippen LogP contribution in [-0.4, -0.2) is 25.1 Å². The van der Waals surface area contributed by atoms with Crippen molar-refractivity contribution in [1.82, 2.24) is 10.8 Å². The zero-order chi connectivity index (χ0) is 8.10. The lowest BCUT2D eigenvalue weighted by Gasteiger charge is -2.09. The van der Waals surface area contributed by atoms with Gasteiger partial charge in [-0.05, 0) is 26.3 Å². The van der Waals surface area contributed by atoms with Gasteiger partial charge in [-0.3, -0.25) is 9.63 Å². The van der Waals surface area contributed by atoms with Crippen molar-refractivity contribution in [3.63, 3.8) is 0 Å². The summed E-state index contributed by atoms with van der Waals surface area (Å²) in [6.45, 7) is 3.28. The Bertz CT molecular complexity index is 132. The molecule has 1 aliphatic rings. The van der Waals surface area contributed by atoms with Crippen molar-refractivity contribution in [1.29, 1.82) is 0 Å². The van der Waals surface area contributed by atoms with E-state index in [2.05, 4.69) is 10.8 Å². The van der Waals surface area contributed by atoms with Crippen LogP contribution in [0.15, 0.2) is 0 Å². The maximum Gasteiger partial charge on any atom is 0.260 e. The van der Waals surface area contributed by atoms with Crippen molar-refractivity contribution in [2.24, 2.45) is 0 Å². The van der Waals surface area contributed by atoms with Gasteiger partial charge in [-0.1, -0.05) is 0 Å². The summed E-state index contributed by atoms with van der Waals surface area (Å²) in [5.74, 6) is -0.0515.